The monoisotopic (exact) mass is 413 g/mol. The van der Waals surface area contributed by atoms with Crippen molar-refractivity contribution in [1.82, 2.24) is 5.32 Å². The molecule has 154 valence electrons. The van der Waals surface area contributed by atoms with Crippen molar-refractivity contribution < 1.29 is 14.3 Å². The summed E-state index contributed by atoms with van der Waals surface area (Å²) in [5.41, 5.74) is 2.71. The molecule has 0 atom stereocenters. The molecule has 2 rings (SSSR count). The maximum atomic E-state index is 12.6. The number of ether oxygens (including phenoxy) is 1. The van der Waals surface area contributed by atoms with Gasteiger partial charge >= 0.3 is 0 Å². The van der Waals surface area contributed by atoms with Gasteiger partial charge in [-0.05, 0) is 54.9 Å². The molecule has 0 saturated heterocycles. The summed E-state index contributed by atoms with van der Waals surface area (Å²) in [6, 6.07) is 12.5. The van der Waals surface area contributed by atoms with Crippen molar-refractivity contribution in [2.75, 3.05) is 17.2 Å². The van der Waals surface area contributed by atoms with Gasteiger partial charge in [-0.2, -0.15) is 0 Å². The first kappa shape index (κ1) is 22.4. The number of nitrogens with one attached hydrogen (secondary N) is 3. The number of carbonyl (C=O) groups excluding carboxylic acids is 2. The predicted molar refractivity (Wildman–Crippen MR) is 121 cm³/mol. The van der Waals surface area contributed by atoms with Crippen LogP contribution in [0.2, 0.25) is 0 Å². The molecule has 0 spiro atoms. The first-order chi connectivity index (χ1) is 13.8. The number of thiocarbonyl (C=S) groups is 1. The lowest BCUT2D eigenvalue weighted by Crippen LogP contribution is -2.34. The third-order valence-electron chi connectivity index (χ3n) is 4.02. The smallest absolute Gasteiger partial charge is 0.261 e. The van der Waals surface area contributed by atoms with Crippen LogP contribution in [-0.4, -0.2) is 23.5 Å². The zero-order valence-corrected chi connectivity index (χ0v) is 18.0. The molecule has 0 radical (unpaired) electrons. The van der Waals surface area contributed by atoms with Gasteiger partial charge in [-0.25, -0.2) is 0 Å². The molecule has 0 heterocycles. The van der Waals surface area contributed by atoms with E-state index in [9.17, 15) is 9.59 Å². The molecule has 6 nitrogen and oxygen atoms in total. The largest absolute Gasteiger partial charge is 0.492 e. The Balaban J connectivity index is 2.05. The molecule has 0 bridgehead atoms. The molecule has 0 aromatic heterocycles. The maximum absolute atomic E-state index is 12.6. The number of hydrogen-bond acceptors (Lipinski definition) is 4. The number of para-hydroxylation sites is 1. The molecular weight excluding hydrogens is 386 g/mol. The Morgan fingerprint density at radius 1 is 1.10 bits per heavy atom. The molecule has 2 aromatic carbocycles. The Labute approximate surface area is 177 Å². The zero-order valence-electron chi connectivity index (χ0n) is 17.2. The quantitative estimate of drug-likeness (QED) is 0.582. The van der Waals surface area contributed by atoms with E-state index in [1.54, 1.807) is 31.2 Å². The van der Waals surface area contributed by atoms with E-state index < -0.39 is 0 Å². The summed E-state index contributed by atoms with van der Waals surface area (Å²) in [7, 11) is 0. The van der Waals surface area contributed by atoms with Gasteiger partial charge in [0.05, 0.1) is 12.2 Å². The highest BCUT2D eigenvalue weighted by molar-refractivity contribution is 7.80. The second-order valence-electron chi connectivity index (χ2n) is 7.04. The van der Waals surface area contributed by atoms with Crippen LogP contribution < -0.4 is 20.7 Å². The summed E-state index contributed by atoms with van der Waals surface area (Å²) in [6.45, 7) is 8.30. The van der Waals surface area contributed by atoms with Crippen LogP contribution in [0.3, 0.4) is 0 Å². The molecular formula is C22H27N3O3S. The van der Waals surface area contributed by atoms with E-state index in [4.69, 9.17) is 17.0 Å². The Bertz CT molecular complexity index is 897. The molecule has 29 heavy (non-hydrogen) atoms. The van der Waals surface area contributed by atoms with Gasteiger partial charge in [-0.3, -0.25) is 14.9 Å². The fraction of sp³-hybridized carbons (Fsp3) is 0.318. The van der Waals surface area contributed by atoms with Crippen LogP contribution in [0, 0.1) is 12.8 Å². The van der Waals surface area contributed by atoms with Gasteiger partial charge in [0, 0.05) is 17.8 Å². The van der Waals surface area contributed by atoms with Crippen molar-refractivity contribution in [1.29, 1.82) is 0 Å². The number of benzene rings is 2. The van der Waals surface area contributed by atoms with E-state index in [0.29, 0.717) is 41.6 Å². The summed E-state index contributed by atoms with van der Waals surface area (Å²) in [5, 5.41) is 8.65. The van der Waals surface area contributed by atoms with Gasteiger partial charge in [-0.1, -0.05) is 39.0 Å². The minimum absolute atomic E-state index is 0.0702. The van der Waals surface area contributed by atoms with E-state index in [0.717, 1.165) is 5.56 Å². The number of amides is 2. The number of carbonyl (C=O) groups is 2. The number of aryl methyl sites for hydroxylation is 1. The van der Waals surface area contributed by atoms with E-state index in [1.807, 2.05) is 39.0 Å². The molecule has 0 aliphatic heterocycles. The zero-order chi connectivity index (χ0) is 21.4. The standard InChI is InChI=1S/C22H27N3O3S/c1-5-20(26)24-18-12-16(11-10-15(18)4)23-22(29)25-21(27)17-8-6-7-9-19(17)28-13-14(2)3/h6-12,14H,5,13H2,1-4H3,(H,24,26)(H2,23,25,27,29). The lowest BCUT2D eigenvalue weighted by atomic mass is 10.1. The van der Waals surface area contributed by atoms with Crippen LogP contribution in [0.5, 0.6) is 5.75 Å². The molecule has 0 saturated carbocycles. The molecule has 7 heteroatoms. The van der Waals surface area contributed by atoms with Crippen LogP contribution in [0.25, 0.3) is 0 Å². The predicted octanol–water partition coefficient (Wildman–Crippen LogP) is 4.51. The number of rotatable bonds is 7. The minimum Gasteiger partial charge on any atom is -0.492 e. The maximum Gasteiger partial charge on any atom is 0.261 e. The van der Waals surface area contributed by atoms with E-state index in [1.165, 1.54) is 0 Å². The Hall–Kier alpha value is -2.93. The Morgan fingerprint density at radius 2 is 1.83 bits per heavy atom. The fourth-order valence-corrected chi connectivity index (χ4v) is 2.65. The lowest BCUT2D eigenvalue weighted by Gasteiger charge is -2.15. The topological polar surface area (TPSA) is 79.5 Å². The summed E-state index contributed by atoms with van der Waals surface area (Å²) in [5.74, 6) is 0.437. The third kappa shape index (κ3) is 6.87. The van der Waals surface area contributed by atoms with Crippen LogP contribution in [-0.2, 0) is 4.79 Å². The van der Waals surface area contributed by atoms with Crippen molar-refractivity contribution in [3.05, 3.63) is 53.6 Å². The highest BCUT2D eigenvalue weighted by atomic mass is 32.1. The van der Waals surface area contributed by atoms with Crippen LogP contribution >= 0.6 is 12.2 Å². The van der Waals surface area contributed by atoms with Gasteiger partial charge in [0.15, 0.2) is 5.11 Å². The van der Waals surface area contributed by atoms with Crippen LogP contribution in [0.15, 0.2) is 42.5 Å². The molecule has 0 aliphatic rings. The average Bonchev–Trinajstić information content (AvgIpc) is 2.68. The second-order valence-corrected chi connectivity index (χ2v) is 7.45. The summed E-state index contributed by atoms with van der Waals surface area (Å²) in [6.07, 6.45) is 0.393. The average molecular weight is 414 g/mol. The van der Waals surface area contributed by atoms with Gasteiger partial charge in [0.25, 0.3) is 5.91 Å². The normalized spacial score (nSPS) is 10.4. The van der Waals surface area contributed by atoms with E-state index >= 15 is 0 Å². The van der Waals surface area contributed by atoms with Crippen LogP contribution in [0.4, 0.5) is 11.4 Å². The molecule has 0 unspecified atom stereocenters. The number of hydrogen-bond donors (Lipinski definition) is 3. The van der Waals surface area contributed by atoms with Crippen molar-refractivity contribution in [2.24, 2.45) is 5.92 Å². The summed E-state index contributed by atoms with van der Waals surface area (Å²) in [4.78, 5) is 24.3. The third-order valence-corrected chi connectivity index (χ3v) is 4.23. The van der Waals surface area contributed by atoms with Gasteiger partial charge in [0.2, 0.25) is 5.91 Å². The Morgan fingerprint density at radius 3 is 2.52 bits per heavy atom. The highest BCUT2D eigenvalue weighted by Gasteiger charge is 2.14. The second kappa shape index (κ2) is 10.6. The Kier molecular flexibility index (Phi) is 8.15. The van der Waals surface area contributed by atoms with Gasteiger partial charge in [-0.15, -0.1) is 0 Å². The first-order valence-electron chi connectivity index (χ1n) is 9.54. The van der Waals surface area contributed by atoms with Crippen molar-refractivity contribution >= 4 is 40.5 Å². The first-order valence-corrected chi connectivity index (χ1v) is 9.95. The van der Waals surface area contributed by atoms with E-state index in [2.05, 4.69) is 16.0 Å². The molecule has 0 fully saturated rings. The molecule has 2 aromatic rings. The molecule has 3 N–H and O–H groups in total. The molecule has 2 amide bonds. The van der Waals surface area contributed by atoms with Gasteiger partial charge < -0.3 is 15.4 Å². The summed E-state index contributed by atoms with van der Waals surface area (Å²) < 4.78 is 5.73. The van der Waals surface area contributed by atoms with Crippen molar-refractivity contribution in [3.63, 3.8) is 0 Å². The van der Waals surface area contributed by atoms with E-state index in [-0.39, 0.29) is 16.9 Å². The summed E-state index contributed by atoms with van der Waals surface area (Å²) >= 11 is 5.28. The highest BCUT2D eigenvalue weighted by Crippen LogP contribution is 2.21. The fourth-order valence-electron chi connectivity index (χ4n) is 2.44. The number of anilines is 2. The SMILES string of the molecule is CCC(=O)Nc1cc(NC(=S)NC(=O)c2ccccc2OCC(C)C)ccc1C. The lowest BCUT2D eigenvalue weighted by molar-refractivity contribution is -0.115. The molecule has 0 aliphatic carbocycles. The van der Waals surface area contributed by atoms with Crippen molar-refractivity contribution in [2.45, 2.75) is 34.1 Å². The minimum atomic E-state index is -0.353. The van der Waals surface area contributed by atoms with Crippen LogP contribution in [0.1, 0.15) is 43.1 Å². The van der Waals surface area contributed by atoms with Crippen molar-refractivity contribution in [3.8, 4) is 5.75 Å². The van der Waals surface area contributed by atoms with Gasteiger partial charge in [0.1, 0.15) is 5.75 Å².